The van der Waals surface area contributed by atoms with Crippen LogP contribution < -0.4 is 10.2 Å². The zero-order valence-corrected chi connectivity index (χ0v) is 18.4. The number of hydrogen-bond acceptors (Lipinski definition) is 7. The maximum absolute atomic E-state index is 11.0. The van der Waals surface area contributed by atoms with Gasteiger partial charge in [-0.15, -0.1) is 11.3 Å². The summed E-state index contributed by atoms with van der Waals surface area (Å²) in [5.74, 6) is 0.570. The van der Waals surface area contributed by atoms with Crippen LogP contribution in [0, 0.1) is 6.92 Å². The standard InChI is InChI=1S/C13H21N.C9H8N4OS/c1-4-10-14(11-5-2)13-9-7-6-8-12(13)3;1-6(14)7-5-15-9(12-7)13-8-4-10-2-3-11-8/h6-9H,4-5,10-11H2,1-3H3;2-5H,1H3,(H,11,12,13). The van der Waals surface area contributed by atoms with E-state index < -0.39 is 0 Å². The van der Waals surface area contributed by atoms with E-state index >= 15 is 0 Å². The van der Waals surface area contributed by atoms with Crippen LogP contribution >= 0.6 is 11.3 Å². The van der Waals surface area contributed by atoms with Gasteiger partial charge in [0.15, 0.2) is 16.7 Å². The number of aryl methyl sites for hydroxylation is 1. The minimum absolute atomic E-state index is 0.0431. The molecular formula is C22H29N5OS. The van der Waals surface area contributed by atoms with Gasteiger partial charge in [-0.25, -0.2) is 9.97 Å². The Labute approximate surface area is 177 Å². The fourth-order valence-corrected chi connectivity index (χ4v) is 3.53. The van der Waals surface area contributed by atoms with Crippen LogP contribution in [-0.2, 0) is 0 Å². The van der Waals surface area contributed by atoms with Crippen molar-refractivity contribution in [2.75, 3.05) is 23.3 Å². The molecule has 0 fully saturated rings. The van der Waals surface area contributed by atoms with Crippen molar-refractivity contribution in [3.63, 3.8) is 0 Å². The molecule has 7 heteroatoms. The number of benzene rings is 1. The Morgan fingerprint density at radius 1 is 1.14 bits per heavy atom. The van der Waals surface area contributed by atoms with Crippen molar-refractivity contribution in [2.45, 2.75) is 40.5 Å². The molecule has 0 saturated heterocycles. The van der Waals surface area contributed by atoms with Gasteiger partial charge in [0, 0.05) is 43.5 Å². The number of rotatable bonds is 8. The highest BCUT2D eigenvalue weighted by atomic mass is 32.1. The Hall–Kier alpha value is -2.80. The molecule has 2 aromatic heterocycles. The molecule has 0 aliphatic heterocycles. The Morgan fingerprint density at radius 3 is 2.41 bits per heavy atom. The lowest BCUT2D eigenvalue weighted by molar-refractivity contribution is 0.101. The van der Waals surface area contributed by atoms with Crippen molar-refractivity contribution in [3.05, 3.63) is 59.5 Å². The number of nitrogens with zero attached hydrogens (tertiary/aromatic N) is 4. The van der Waals surface area contributed by atoms with Crippen LogP contribution in [0.15, 0.2) is 48.2 Å². The number of carbonyl (C=O) groups excluding carboxylic acids is 1. The Kier molecular flexibility index (Phi) is 9.24. The quantitative estimate of drug-likeness (QED) is 0.494. The Morgan fingerprint density at radius 2 is 1.86 bits per heavy atom. The van der Waals surface area contributed by atoms with Gasteiger partial charge in [0.2, 0.25) is 0 Å². The average Bonchev–Trinajstić information content (AvgIpc) is 3.18. The molecule has 154 valence electrons. The van der Waals surface area contributed by atoms with Gasteiger partial charge >= 0.3 is 0 Å². The smallest absolute Gasteiger partial charge is 0.189 e. The summed E-state index contributed by atoms with van der Waals surface area (Å²) in [6.45, 7) is 10.5. The van der Waals surface area contributed by atoms with Crippen LogP contribution in [0.3, 0.4) is 0 Å². The predicted octanol–water partition coefficient (Wildman–Crippen LogP) is 5.50. The van der Waals surface area contributed by atoms with E-state index in [1.54, 1.807) is 24.0 Å². The first kappa shape index (κ1) is 22.5. The minimum Gasteiger partial charge on any atom is -0.371 e. The number of hydrogen-bond donors (Lipinski definition) is 1. The predicted molar refractivity (Wildman–Crippen MR) is 121 cm³/mol. The van der Waals surface area contributed by atoms with Gasteiger partial charge in [0.1, 0.15) is 5.69 Å². The zero-order chi connectivity index (χ0) is 21.1. The molecular weight excluding hydrogens is 382 g/mol. The van der Waals surface area contributed by atoms with Crippen LogP contribution in [0.2, 0.25) is 0 Å². The van der Waals surface area contributed by atoms with Crippen LogP contribution in [0.25, 0.3) is 0 Å². The highest BCUT2D eigenvalue weighted by Crippen LogP contribution is 2.20. The summed E-state index contributed by atoms with van der Waals surface area (Å²) in [6, 6.07) is 8.64. The first-order chi connectivity index (χ1) is 14.0. The number of aromatic nitrogens is 3. The monoisotopic (exact) mass is 411 g/mol. The zero-order valence-electron chi connectivity index (χ0n) is 17.6. The molecule has 29 heavy (non-hydrogen) atoms. The maximum Gasteiger partial charge on any atom is 0.189 e. The van der Waals surface area contributed by atoms with Gasteiger partial charge in [-0.05, 0) is 31.4 Å². The lowest BCUT2D eigenvalue weighted by Gasteiger charge is -2.25. The third-order valence-electron chi connectivity index (χ3n) is 4.11. The molecule has 1 N–H and O–H groups in total. The van der Waals surface area contributed by atoms with E-state index in [0.717, 1.165) is 0 Å². The lowest BCUT2D eigenvalue weighted by Crippen LogP contribution is -2.25. The normalized spacial score (nSPS) is 10.1. The summed E-state index contributed by atoms with van der Waals surface area (Å²) >= 11 is 1.36. The van der Waals surface area contributed by atoms with E-state index in [0.29, 0.717) is 16.6 Å². The minimum atomic E-state index is -0.0431. The summed E-state index contributed by atoms with van der Waals surface area (Å²) in [5, 5.41) is 5.31. The number of thiazole rings is 1. The fourth-order valence-electron chi connectivity index (χ4n) is 2.78. The maximum atomic E-state index is 11.0. The Balaban J connectivity index is 0.000000208. The SMILES string of the molecule is CC(=O)c1csc(Nc2cnccn2)n1.CCCN(CCC)c1ccccc1C. The van der Waals surface area contributed by atoms with Crippen molar-refractivity contribution < 1.29 is 4.79 Å². The second kappa shape index (κ2) is 11.9. The molecule has 0 aliphatic rings. The molecule has 0 saturated carbocycles. The highest BCUT2D eigenvalue weighted by molar-refractivity contribution is 7.14. The summed E-state index contributed by atoms with van der Waals surface area (Å²) in [6.07, 6.45) is 7.20. The molecule has 1 aromatic carbocycles. The molecule has 3 aromatic rings. The van der Waals surface area contributed by atoms with Crippen molar-refractivity contribution in [3.8, 4) is 0 Å². The topological polar surface area (TPSA) is 71.0 Å². The first-order valence-electron chi connectivity index (χ1n) is 9.85. The summed E-state index contributed by atoms with van der Waals surface area (Å²) in [5.41, 5.74) is 3.25. The fraction of sp³-hybridized carbons (Fsp3) is 0.364. The van der Waals surface area contributed by atoms with Gasteiger partial charge in [0.05, 0.1) is 6.20 Å². The molecule has 0 aliphatic carbocycles. The van der Waals surface area contributed by atoms with Gasteiger partial charge in [-0.3, -0.25) is 9.78 Å². The molecule has 0 amide bonds. The van der Waals surface area contributed by atoms with Gasteiger partial charge in [-0.1, -0.05) is 32.0 Å². The van der Waals surface area contributed by atoms with Gasteiger partial charge < -0.3 is 10.2 Å². The van der Waals surface area contributed by atoms with Gasteiger partial charge in [-0.2, -0.15) is 0 Å². The van der Waals surface area contributed by atoms with Crippen molar-refractivity contribution >= 4 is 33.8 Å². The van der Waals surface area contributed by atoms with Crippen LogP contribution in [-0.4, -0.2) is 33.8 Å². The number of Topliss-reactive ketones (excluding diaryl/α,β-unsaturated/α-hetero) is 1. The first-order valence-corrected chi connectivity index (χ1v) is 10.7. The van der Waals surface area contributed by atoms with Crippen molar-refractivity contribution in [1.82, 2.24) is 15.0 Å². The number of ketones is 1. The van der Waals surface area contributed by atoms with Crippen molar-refractivity contribution in [2.24, 2.45) is 0 Å². The number of anilines is 3. The second-order valence-electron chi connectivity index (χ2n) is 6.58. The molecule has 0 radical (unpaired) electrons. The van der Waals surface area contributed by atoms with Crippen LogP contribution in [0.4, 0.5) is 16.6 Å². The second-order valence-corrected chi connectivity index (χ2v) is 7.44. The molecule has 0 bridgehead atoms. The van der Waals surface area contributed by atoms with E-state index in [1.807, 2.05) is 0 Å². The van der Waals surface area contributed by atoms with E-state index in [9.17, 15) is 4.79 Å². The molecule has 2 heterocycles. The van der Waals surface area contributed by atoms with Crippen molar-refractivity contribution in [1.29, 1.82) is 0 Å². The molecule has 0 spiro atoms. The van der Waals surface area contributed by atoms with E-state index in [2.05, 4.69) is 70.2 Å². The lowest BCUT2D eigenvalue weighted by atomic mass is 10.1. The molecule has 6 nitrogen and oxygen atoms in total. The average molecular weight is 412 g/mol. The van der Waals surface area contributed by atoms with Crippen LogP contribution in [0.5, 0.6) is 0 Å². The van der Waals surface area contributed by atoms with E-state index in [1.165, 1.54) is 55.4 Å². The van der Waals surface area contributed by atoms with Gasteiger partial charge in [0.25, 0.3) is 0 Å². The third-order valence-corrected chi connectivity index (χ3v) is 4.86. The third kappa shape index (κ3) is 7.27. The molecule has 3 rings (SSSR count). The number of para-hydroxylation sites is 1. The Bertz CT molecular complexity index is 876. The highest BCUT2D eigenvalue weighted by Gasteiger charge is 2.06. The van der Waals surface area contributed by atoms with Crippen LogP contribution in [0.1, 0.15) is 49.7 Å². The van der Waals surface area contributed by atoms with E-state index in [-0.39, 0.29) is 5.78 Å². The molecule has 0 unspecified atom stereocenters. The summed E-state index contributed by atoms with van der Waals surface area (Å²) < 4.78 is 0. The summed E-state index contributed by atoms with van der Waals surface area (Å²) in [7, 11) is 0. The van der Waals surface area contributed by atoms with E-state index in [4.69, 9.17) is 0 Å². The molecule has 0 atom stereocenters. The number of nitrogens with one attached hydrogen (secondary N) is 1. The number of carbonyl (C=O) groups is 1. The summed E-state index contributed by atoms with van der Waals surface area (Å²) in [4.78, 5) is 25.5. The largest absolute Gasteiger partial charge is 0.371 e.